The van der Waals surface area contributed by atoms with Gasteiger partial charge in [0.2, 0.25) is 5.91 Å². The quantitative estimate of drug-likeness (QED) is 0.511. The summed E-state index contributed by atoms with van der Waals surface area (Å²) in [5, 5.41) is 2.79. The van der Waals surface area contributed by atoms with Gasteiger partial charge in [-0.15, -0.1) is 0 Å². The van der Waals surface area contributed by atoms with Crippen LogP contribution in [-0.4, -0.2) is 42.5 Å². The Labute approximate surface area is 82.6 Å². The van der Waals surface area contributed by atoms with E-state index in [2.05, 4.69) is 5.32 Å². The fourth-order valence-corrected chi connectivity index (χ4v) is 1.53. The number of hydrogen-bond donors (Lipinski definition) is 3. The lowest BCUT2D eigenvalue weighted by Gasteiger charge is -2.31. The predicted octanol–water partition coefficient (Wildman–Crippen LogP) is -1.40. The molecule has 1 saturated heterocycles. The molecule has 1 aliphatic rings. The lowest BCUT2D eigenvalue weighted by atomic mass is 10.1. The Hall–Kier alpha value is -1.30. The topological polar surface area (TPSA) is 101 Å². The summed E-state index contributed by atoms with van der Waals surface area (Å²) in [5.74, 6) is -0.150. The number of amides is 3. The number of carbonyl (C=O) groups is 2. The number of carbonyl (C=O) groups excluding carboxylic acids is 2. The highest BCUT2D eigenvalue weighted by Crippen LogP contribution is 2.09. The van der Waals surface area contributed by atoms with Crippen LogP contribution in [0, 0.1) is 0 Å². The van der Waals surface area contributed by atoms with Crippen molar-refractivity contribution < 1.29 is 9.59 Å². The number of likely N-dealkylation sites (tertiary alicyclic amines) is 1. The Morgan fingerprint density at radius 1 is 1.36 bits per heavy atom. The van der Waals surface area contributed by atoms with Crippen LogP contribution in [0.1, 0.15) is 12.8 Å². The SMILES string of the molecule is NCC(=O)NC1CCN(C(N)=O)CC1. The Morgan fingerprint density at radius 3 is 2.36 bits per heavy atom. The Bertz CT molecular complexity index is 223. The van der Waals surface area contributed by atoms with Crippen LogP contribution in [0.2, 0.25) is 0 Å². The minimum Gasteiger partial charge on any atom is -0.352 e. The van der Waals surface area contributed by atoms with E-state index in [0.717, 1.165) is 12.8 Å². The van der Waals surface area contributed by atoms with Gasteiger partial charge in [0.15, 0.2) is 0 Å². The van der Waals surface area contributed by atoms with Crippen molar-refractivity contribution in [2.45, 2.75) is 18.9 Å². The summed E-state index contributed by atoms with van der Waals surface area (Å²) in [5.41, 5.74) is 10.3. The van der Waals surface area contributed by atoms with Gasteiger partial charge in [0, 0.05) is 19.1 Å². The molecule has 0 atom stereocenters. The summed E-state index contributed by atoms with van der Waals surface area (Å²) in [6, 6.07) is -0.268. The van der Waals surface area contributed by atoms with Crippen LogP contribution in [0.25, 0.3) is 0 Å². The van der Waals surface area contributed by atoms with Crippen molar-refractivity contribution in [1.82, 2.24) is 10.2 Å². The Kier molecular flexibility index (Phi) is 3.70. The summed E-state index contributed by atoms with van der Waals surface area (Å²) < 4.78 is 0. The Balaban J connectivity index is 2.29. The number of piperidine rings is 1. The maximum Gasteiger partial charge on any atom is 0.314 e. The molecule has 0 radical (unpaired) electrons. The highest BCUT2D eigenvalue weighted by atomic mass is 16.2. The monoisotopic (exact) mass is 200 g/mol. The first kappa shape index (κ1) is 10.8. The zero-order chi connectivity index (χ0) is 10.6. The van der Waals surface area contributed by atoms with Crippen molar-refractivity contribution in [3.8, 4) is 0 Å². The van der Waals surface area contributed by atoms with Gasteiger partial charge < -0.3 is 21.7 Å². The van der Waals surface area contributed by atoms with E-state index < -0.39 is 6.03 Å². The number of hydrogen-bond acceptors (Lipinski definition) is 3. The molecule has 1 fully saturated rings. The van der Waals surface area contributed by atoms with E-state index in [0.29, 0.717) is 13.1 Å². The van der Waals surface area contributed by atoms with Crippen molar-refractivity contribution in [2.24, 2.45) is 11.5 Å². The van der Waals surface area contributed by atoms with Gasteiger partial charge in [-0.05, 0) is 12.8 Å². The minimum atomic E-state index is -0.395. The van der Waals surface area contributed by atoms with Crippen molar-refractivity contribution >= 4 is 11.9 Å². The van der Waals surface area contributed by atoms with Crippen LogP contribution in [0.3, 0.4) is 0 Å². The number of urea groups is 1. The maximum atomic E-state index is 11.0. The molecule has 0 spiro atoms. The predicted molar refractivity (Wildman–Crippen MR) is 51.4 cm³/mol. The molecule has 0 aromatic carbocycles. The average Bonchev–Trinajstić information content (AvgIpc) is 2.18. The van der Waals surface area contributed by atoms with Crippen molar-refractivity contribution in [3.05, 3.63) is 0 Å². The summed E-state index contributed by atoms with van der Waals surface area (Å²) in [7, 11) is 0. The molecule has 0 aliphatic carbocycles. The second kappa shape index (κ2) is 4.80. The molecule has 1 heterocycles. The fourth-order valence-electron chi connectivity index (χ4n) is 1.53. The summed E-state index contributed by atoms with van der Waals surface area (Å²) in [4.78, 5) is 23.3. The van der Waals surface area contributed by atoms with Crippen LogP contribution < -0.4 is 16.8 Å². The van der Waals surface area contributed by atoms with Crippen LogP contribution >= 0.6 is 0 Å². The number of nitrogens with zero attached hydrogens (tertiary/aromatic N) is 1. The molecule has 14 heavy (non-hydrogen) atoms. The van der Waals surface area contributed by atoms with Gasteiger partial charge in [-0.1, -0.05) is 0 Å². The molecule has 0 bridgehead atoms. The first-order valence-electron chi connectivity index (χ1n) is 4.67. The normalized spacial score (nSPS) is 17.9. The summed E-state index contributed by atoms with van der Waals surface area (Å²) in [6.45, 7) is 1.21. The molecule has 1 rings (SSSR count). The molecule has 0 saturated carbocycles. The van der Waals surface area contributed by atoms with Gasteiger partial charge in [0.1, 0.15) is 0 Å². The van der Waals surface area contributed by atoms with E-state index in [1.165, 1.54) is 0 Å². The first-order valence-corrected chi connectivity index (χ1v) is 4.67. The third-order valence-corrected chi connectivity index (χ3v) is 2.36. The van der Waals surface area contributed by atoms with Crippen molar-refractivity contribution in [1.29, 1.82) is 0 Å². The number of rotatable bonds is 2. The van der Waals surface area contributed by atoms with Gasteiger partial charge >= 0.3 is 6.03 Å². The fraction of sp³-hybridized carbons (Fsp3) is 0.750. The second-order valence-corrected chi connectivity index (χ2v) is 3.37. The van der Waals surface area contributed by atoms with E-state index in [-0.39, 0.29) is 18.5 Å². The highest BCUT2D eigenvalue weighted by molar-refractivity contribution is 5.78. The van der Waals surface area contributed by atoms with Crippen molar-refractivity contribution in [2.75, 3.05) is 19.6 Å². The van der Waals surface area contributed by atoms with Gasteiger partial charge in [0.25, 0.3) is 0 Å². The zero-order valence-corrected chi connectivity index (χ0v) is 8.03. The lowest BCUT2D eigenvalue weighted by molar-refractivity contribution is -0.120. The highest BCUT2D eigenvalue weighted by Gasteiger charge is 2.21. The van der Waals surface area contributed by atoms with E-state index in [4.69, 9.17) is 11.5 Å². The maximum absolute atomic E-state index is 11.0. The molecule has 1 aliphatic heterocycles. The molecule has 0 unspecified atom stereocenters. The zero-order valence-electron chi connectivity index (χ0n) is 8.03. The van der Waals surface area contributed by atoms with Gasteiger partial charge in [-0.25, -0.2) is 4.79 Å². The summed E-state index contributed by atoms with van der Waals surface area (Å²) >= 11 is 0. The number of nitrogens with two attached hydrogens (primary N) is 2. The van der Waals surface area contributed by atoms with Crippen LogP contribution in [0.4, 0.5) is 4.79 Å². The van der Waals surface area contributed by atoms with E-state index in [9.17, 15) is 9.59 Å². The molecular weight excluding hydrogens is 184 g/mol. The molecule has 5 N–H and O–H groups in total. The van der Waals surface area contributed by atoms with Crippen molar-refractivity contribution in [3.63, 3.8) is 0 Å². The lowest BCUT2D eigenvalue weighted by Crippen LogP contribution is -2.49. The molecular formula is C8H16N4O2. The largest absolute Gasteiger partial charge is 0.352 e. The van der Waals surface area contributed by atoms with Crippen LogP contribution in [0.5, 0.6) is 0 Å². The van der Waals surface area contributed by atoms with Gasteiger partial charge in [0.05, 0.1) is 6.54 Å². The Morgan fingerprint density at radius 2 is 1.93 bits per heavy atom. The molecule has 3 amide bonds. The van der Waals surface area contributed by atoms with E-state index in [1.807, 2.05) is 0 Å². The smallest absolute Gasteiger partial charge is 0.314 e. The molecule has 6 heteroatoms. The van der Waals surface area contributed by atoms with Crippen LogP contribution in [-0.2, 0) is 4.79 Å². The molecule has 6 nitrogen and oxygen atoms in total. The average molecular weight is 200 g/mol. The third kappa shape index (κ3) is 2.88. The summed E-state index contributed by atoms with van der Waals surface area (Å²) in [6.07, 6.45) is 1.49. The number of primary amides is 1. The third-order valence-electron chi connectivity index (χ3n) is 2.36. The molecule has 80 valence electrons. The first-order chi connectivity index (χ1) is 6.63. The van der Waals surface area contributed by atoms with Gasteiger partial charge in [-0.2, -0.15) is 0 Å². The standard InChI is InChI=1S/C8H16N4O2/c9-5-7(13)11-6-1-3-12(4-2-6)8(10)14/h6H,1-5,9H2,(H2,10,14)(H,11,13). The second-order valence-electron chi connectivity index (χ2n) is 3.37. The van der Waals surface area contributed by atoms with Gasteiger partial charge in [-0.3, -0.25) is 4.79 Å². The minimum absolute atomic E-state index is 0.00995. The molecule has 0 aromatic heterocycles. The molecule has 0 aromatic rings. The number of nitrogens with one attached hydrogen (secondary N) is 1. The van der Waals surface area contributed by atoms with E-state index in [1.54, 1.807) is 4.90 Å². The van der Waals surface area contributed by atoms with E-state index >= 15 is 0 Å². The van der Waals surface area contributed by atoms with Crippen LogP contribution in [0.15, 0.2) is 0 Å².